The minimum atomic E-state index is 0.260. The monoisotopic (exact) mass is 307 g/mol. The molecule has 0 aliphatic heterocycles. The molecule has 2 aromatic carbocycles. The quantitative estimate of drug-likeness (QED) is 0.736. The lowest BCUT2D eigenvalue weighted by Crippen LogP contribution is -2.24. The van der Waals surface area contributed by atoms with Gasteiger partial charge in [0.15, 0.2) is 0 Å². The standard InChI is InChI=1S/C17H19Cl2N/c1-3-17(14-5-4-6-16(19)11-14)20-12(2)13-7-9-15(18)10-8-13/h4-12,17,20H,3H2,1-2H3/t12-,17?/m0/s1. The topological polar surface area (TPSA) is 12.0 Å². The highest BCUT2D eigenvalue weighted by Crippen LogP contribution is 2.24. The minimum Gasteiger partial charge on any atom is -0.303 e. The van der Waals surface area contributed by atoms with Crippen LogP contribution in [0, 0.1) is 0 Å². The summed E-state index contributed by atoms with van der Waals surface area (Å²) in [5.41, 5.74) is 2.45. The fourth-order valence-electron chi connectivity index (χ4n) is 2.32. The SMILES string of the molecule is CCC(N[C@@H](C)c1ccc(Cl)cc1)c1cccc(Cl)c1. The van der Waals surface area contributed by atoms with Crippen LogP contribution in [0.5, 0.6) is 0 Å². The van der Waals surface area contributed by atoms with Crippen molar-refractivity contribution in [2.24, 2.45) is 0 Å². The van der Waals surface area contributed by atoms with Crippen LogP contribution in [-0.4, -0.2) is 0 Å². The maximum absolute atomic E-state index is 6.07. The van der Waals surface area contributed by atoms with Crippen molar-refractivity contribution in [1.29, 1.82) is 0 Å². The third kappa shape index (κ3) is 3.99. The molecule has 0 fully saturated rings. The molecule has 0 heterocycles. The van der Waals surface area contributed by atoms with Crippen LogP contribution in [-0.2, 0) is 0 Å². The van der Waals surface area contributed by atoms with Crippen LogP contribution in [0.25, 0.3) is 0 Å². The van der Waals surface area contributed by atoms with E-state index in [-0.39, 0.29) is 6.04 Å². The Labute approximate surface area is 130 Å². The summed E-state index contributed by atoms with van der Waals surface area (Å²) in [6.07, 6.45) is 1.01. The fraction of sp³-hybridized carbons (Fsp3) is 0.294. The molecule has 1 unspecified atom stereocenters. The molecular weight excluding hydrogens is 289 g/mol. The number of hydrogen-bond acceptors (Lipinski definition) is 1. The van der Waals surface area contributed by atoms with E-state index < -0.39 is 0 Å². The second-order valence-electron chi connectivity index (χ2n) is 4.96. The van der Waals surface area contributed by atoms with Gasteiger partial charge in [0.1, 0.15) is 0 Å². The molecule has 3 heteroatoms. The maximum atomic E-state index is 6.07. The van der Waals surface area contributed by atoms with Crippen molar-refractivity contribution >= 4 is 23.2 Å². The minimum absolute atomic E-state index is 0.260. The van der Waals surface area contributed by atoms with Crippen molar-refractivity contribution in [2.45, 2.75) is 32.4 Å². The van der Waals surface area contributed by atoms with Gasteiger partial charge in [0.25, 0.3) is 0 Å². The van der Waals surface area contributed by atoms with Crippen LogP contribution < -0.4 is 5.32 Å². The van der Waals surface area contributed by atoms with Crippen molar-refractivity contribution in [3.8, 4) is 0 Å². The van der Waals surface area contributed by atoms with Gasteiger partial charge in [-0.2, -0.15) is 0 Å². The van der Waals surface area contributed by atoms with E-state index in [1.54, 1.807) is 0 Å². The van der Waals surface area contributed by atoms with Crippen LogP contribution in [0.2, 0.25) is 10.0 Å². The lowest BCUT2D eigenvalue weighted by atomic mass is 10.0. The number of benzene rings is 2. The third-order valence-electron chi connectivity index (χ3n) is 3.48. The van der Waals surface area contributed by atoms with E-state index in [2.05, 4.69) is 37.4 Å². The molecule has 1 nitrogen and oxygen atoms in total. The fourth-order valence-corrected chi connectivity index (χ4v) is 2.65. The highest BCUT2D eigenvalue weighted by Gasteiger charge is 2.14. The van der Waals surface area contributed by atoms with Crippen LogP contribution in [0.4, 0.5) is 0 Å². The Bertz CT molecular complexity index is 551. The van der Waals surface area contributed by atoms with Crippen molar-refractivity contribution in [1.82, 2.24) is 5.32 Å². The van der Waals surface area contributed by atoms with Crippen molar-refractivity contribution in [3.63, 3.8) is 0 Å². The molecule has 0 aliphatic rings. The number of hydrogen-bond donors (Lipinski definition) is 1. The van der Waals surface area contributed by atoms with Gasteiger partial charge in [0.2, 0.25) is 0 Å². The van der Waals surface area contributed by atoms with Crippen molar-refractivity contribution < 1.29 is 0 Å². The van der Waals surface area contributed by atoms with Gasteiger partial charge in [-0.15, -0.1) is 0 Å². The van der Waals surface area contributed by atoms with Gasteiger partial charge in [-0.3, -0.25) is 0 Å². The summed E-state index contributed by atoms with van der Waals surface area (Å²) in [7, 11) is 0. The summed E-state index contributed by atoms with van der Waals surface area (Å²) >= 11 is 12.0. The Morgan fingerprint density at radius 1 is 0.950 bits per heavy atom. The summed E-state index contributed by atoms with van der Waals surface area (Å²) in [5, 5.41) is 5.19. The first-order chi connectivity index (χ1) is 9.60. The van der Waals surface area contributed by atoms with Gasteiger partial charge in [-0.1, -0.05) is 54.4 Å². The predicted octanol–water partition coefficient (Wildman–Crippen LogP) is 5.80. The summed E-state index contributed by atoms with van der Waals surface area (Å²) in [6, 6.07) is 16.6. The Kier molecular flexibility index (Phi) is 5.47. The first-order valence-electron chi connectivity index (χ1n) is 6.87. The van der Waals surface area contributed by atoms with Gasteiger partial charge in [-0.25, -0.2) is 0 Å². The third-order valence-corrected chi connectivity index (χ3v) is 3.97. The van der Waals surface area contributed by atoms with Crippen molar-refractivity contribution in [3.05, 3.63) is 69.7 Å². The lowest BCUT2D eigenvalue weighted by Gasteiger charge is -2.23. The second-order valence-corrected chi connectivity index (χ2v) is 5.83. The average Bonchev–Trinajstić information content (AvgIpc) is 2.45. The average molecular weight is 308 g/mol. The first kappa shape index (κ1) is 15.4. The molecule has 2 atom stereocenters. The van der Waals surface area contributed by atoms with Gasteiger partial charge in [-0.05, 0) is 48.7 Å². The normalized spacial score (nSPS) is 14.0. The van der Waals surface area contributed by atoms with E-state index >= 15 is 0 Å². The van der Waals surface area contributed by atoms with E-state index in [9.17, 15) is 0 Å². The zero-order valence-corrected chi connectivity index (χ0v) is 13.2. The smallest absolute Gasteiger partial charge is 0.0409 e. The molecule has 0 saturated heterocycles. The summed E-state index contributed by atoms with van der Waals surface area (Å²) in [5.74, 6) is 0. The molecule has 0 aliphatic carbocycles. The van der Waals surface area contributed by atoms with E-state index in [1.807, 2.05) is 30.3 Å². The zero-order chi connectivity index (χ0) is 14.5. The Balaban J connectivity index is 2.11. The second kappa shape index (κ2) is 7.12. The van der Waals surface area contributed by atoms with Gasteiger partial charge >= 0.3 is 0 Å². The molecule has 0 spiro atoms. The highest BCUT2D eigenvalue weighted by molar-refractivity contribution is 6.30. The Morgan fingerprint density at radius 2 is 1.65 bits per heavy atom. The number of nitrogens with one attached hydrogen (secondary N) is 1. The van der Waals surface area contributed by atoms with E-state index in [0.29, 0.717) is 6.04 Å². The van der Waals surface area contributed by atoms with Crippen LogP contribution in [0.1, 0.15) is 43.5 Å². The molecule has 1 N–H and O–H groups in total. The molecule has 0 radical (unpaired) electrons. The molecule has 0 aromatic heterocycles. The molecule has 0 amide bonds. The molecular formula is C17H19Cl2N. The zero-order valence-electron chi connectivity index (χ0n) is 11.7. The maximum Gasteiger partial charge on any atom is 0.0409 e. The Hall–Kier alpha value is -1.02. The first-order valence-corrected chi connectivity index (χ1v) is 7.62. The molecule has 106 valence electrons. The number of halogens is 2. The van der Waals surface area contributed by atoms with Crippen molar-refractivity contribution in [2.75, 3.05) is 0 Å². The molecule has 2 rings (SSSR count). The predicted molar refractivity (Wildman–Crippen MR) is 87.5 cm³/mol. The molecule has 0 saturated carbocycles. The molecule has 0 bridgehead atoms. The van der Waals surface area contributed by atoms with E-state index in [1.165, 1.54) is 11.1 Å². The van der Waals surface area contributed by atoms with Crippen LogP contribution >= 0.6 is 23.2 Å². The lowest BCUT2D eigenvalue weighted by molar-refractivity contribution is 0.456. The van der Waals surface area contributed by atoms with Gasteiger partial charge < -0.3 is 5.32 Å². The highest BCUT2D eigenvalue weighted by atomic mass is 35.5. The summed E-state index contributed by atoms with van der Waals surface area (Å²) < 4.78 is 0. The van der Waals surface area contributed by atoms with Crippen LogP contribution in [0.15, 0.2) is 48.5 Å². The molecule has 2 aromatic rings. The Morgan fingerprint density at radius 3 is 2.25 bits per heavy atom. The summed E-state index contributed by atoms with van der Waals surface area (Å²) in [4.78, 5) is 0. The van der Waals surface area contributed by atoms with Gasteiger partial charge in [0.05, 0.1) is 0 Å². The van der Waals surface area contributed by atoms with E-state index in [0.717, 1.165) is 16.5 Å². The summed E-state index contributed by atoms with van der Waals surface area (Å²) in [6.45, 7) is 4.34. The van der Waals surface area contributed by atoms with Gasteiger partial charge in [0, 0.05) is 22.1 Å². The van der Waals surface area contributed by atoms with Crippen LogP contribution in [0.3, 0.4) is 0 Å². The largest absolute Gasteiger partial charge is 0.303 e. The number of rotatable bonds is 5. The van der Waals surface area contributed by atoms with E-state index in [4.69, 9.17) is 23.2 Å². The molecule has 20 heavy (non-hydrogen) atoms.